The first-order chi connectivity index (χ1) is 9.20. The molecular weight excluding hydrogens is 283 g/mol. The van der Waals surface area contributed by atoms with Crippen molar-refractivity contribution >= 4 is 23.2 Å². The second-order valence-corrected chi connectivity index (χ2v) is 5.47. The van der Waals surface area contributed by atoms with E-state index in [2.05, 4.69) is 0 Å². The Hall–Kier alpha value is -1.12. The molecule has 100 valence electrons. The van der Waals surface area contributed by atoms with Crippen molar-refractivity contribution in [3.8, 4) is 5.75 Å². The Bertz CT molecular complexity index is 604. The fraction of sp³-hybridized carbons (Fsp3) is 0.333. The maximum atomic E-state index is 6.61. The van der Waals surface area contributed by atoms with Crippen LogP contribution in [-0.2, 0) is 12.8 Å². The van der Waals surface area contributed by atoms with Crippen molar-refractivity contribution < 1.29 is 9.15 Å². The minimum Gasteiger partial charge on any atom is -0.493 e. The van der Waals surface area contributed by atoms with Crippen molar-refractivity contribution in [2.75, 3.05) is 6.61 Å². The Kier molecular flexibility index (Phi) is 3.46. The molecule has 1 unspecified atom stereocenters. The summed E-state index contributed by atoms with van der Waals surface area (Å²) >= 11 is 12.8. The average molecular weight is 297 g/mol. The zero-order chi connectivity index (χ0) is 13.4. The number of fused-ring (bicyclic) bond motifs is 1. The van der Waals surface area contributed by atoms with Gasteiger partial charge in [-0.15, -0.1) is 11.6 Å². The molecule has 1 aromatic carbocycles. The van der Waals surface area contributed by atoms with Gasteiger partial charge in [-0.25, -0.2) is 0 Å². The fourth-order valence-electron chi connectivity index (χ4n) is 2.52. The molecule has 0 spiro atoms. The van der Waals surface area contributed by atoms with E-state index >= 15 is 0 Å². The lowest BCUT2D eigenvalue weighted by atomic mass is 10.00. The van der Waals surface area contributed by atoms with Crippen LogP contribution in [0.1, 0.15) is 34.8 Å². The number of rotatable bonds is 3. The van der Waals surface area contributed by atoms with E-state index in [1.165, 1.54) is 0 Å². The molecule has 0 saturated carbocycles. The van der Waals surface area contributed by atoms with E-state index < -0.39 is 0 Å². The van der Waals surface area contributed by atoms with Crippen molar-refractivity contribution in [1.82, 2.24) is 0 Å². The monoisotopic (exact) mass is 296 g/mol. The van der Waals surface area contributed by atoms with Crippen LogP contribution >= 0.6 is 23.2 Å². The molecule has 0 radical (unpaired) electrons. The van der Waals surface area contributed by atoms with Crippen molar-refractivity contribution in [2.45, 2.75) is 25.1 Å². The maximum Gasteiger partial charge on any atom is 0.127 e. The highest BCUT2D eigenvalue weighted by molar-refractivity contribution is 6.31. The van der Waals surface area contributed by atoms with Gasteiger partial charge < -0.3 is 9.15 Å². The highest BCUT2D eigenvalue weighted by Crippen LogP contribution is 2.42. The van der Waals surface area contributed by atoms with E-state index in [1.807, 2.05) is 25.1 Å². The van der Waals surface area contributed by atoms with Crippen LogP contribution in [-0.4, -0.2) is 6.61 Å². The fourth-order valence-corrected chi connectivity index (χ4v) is 3.12. The summed E-state index contributed by atoms with van der Waals surface area (Å²) in [6.07, 6.45) is 3.38. The molecule has 2 heterocycles. The highest BCUT2D eigenvalue weighted by Gasteiger charge is 2.25. The van der Waals surface area contributed by atoms with Crippen LogP contribution < -0.4 is 4.74 Å². The molecule has 1 aromatic heterocycles. The third-order valence-electron chi connectivity index (χ3n) is 3.42. The van der Waals surface area contributed by atoms with Crippen LogP contribution in [0, 0.1) is 0 Å². The molecule has 4 heteroatoms. The number of ether oxygens (including phenoxy) is 1. The van der Waals surface area contributed by atoms with Crippen LogP contribution in [0.5, 0.6) is 5.75 Å². The molecule has 0 N–H and O–H groups in total. The van der Waals surface area contributed by atoms with E-state index in [4.69, 9.17) is 32.4 Å². The predicted molar refractivity (Wildman–Crippen MR) is 76.4 cm³/mol. The summed E-state index contributed by atoms with van der Waals surface area (Å²) in [4.78, 5) is 0. The van der Waals surface area contributed by atoms with Gasteiger partial charge in [-0.2, -0.15) is 0 Å². The van der Waals surface area contributed by atoms with Crippen LogP contribution in [0.3, 0.4) is 0 Å². The van der Waals surface area contributed by atoms with Gasteiger partial charge >= 0.3 is 0 Å². The second kappa shape index (κ2) is 5.10. The third-order valence-corrected chi connectivity index (χ3v) is 4.11. The SMILES string of the molecule is CCc1occc1C(Cl)c1cc(Cl)cc2c1OCC2. The smallest absolute Gasteiger partial charge is 0.127 e. The number of aryl methyl sites for hydroxylation is 1. The number of halogens is 2. The van der Waals surface area contributed by atoms with Gasteiger partial charge in [0.1, 0.15) is 11.5 Å². The molecule has 0 amide bonds. The summed E-state index contributed by atoms with van der Waals surface area (Å²) in [7, 11) is 0. The van der Waals surface area contributed by atoms with Crippen molar-refractivity contribution in [3.05, 3.63) is 51.9 Å². The lowest BCUT2D eigenvalue weighted by molar-refractivity contribution is 0.353. The molecule has 1 aliphatic heterocycles. The minimum absolute atomic E-state index is 0.292. The predicted octanol–water partition coefficient (Wildman–Crippen LogP) is 4.76. The van der Waals surface area contributed by atoms with Crippen molar-refractivity contribution in [3.63, 3.8) is 0 Å². The highest BCUT2D eigenvalue weighted by atomic mass is 35.5. The summed E-state index contributed by atoms with van der Waals surface area (Å²) in [5, 5.41) is 0.408. The zero-order valence-corrected chi connectivity index (χ0v) is 12.1. The van der Waals surface area contributed by atoms with E-state index in [9.17, 15) is 0 Å². The standard InChI is InChI=1S/C15H14Cl2O2/c1-2-13-11(4-6-18-13)14(17)12-8-10(16)7-9-3-5-19-15(9)12/h4,6-8,14H,2-3,5H2,1H3. The quantitative estimate of drug-likeness (QED) is 0.762. The molecule has 19 heavy (non-hydrogen) atoms. The largest absolute Gasteiger partial charge is 0.493 e. The molecule has 1 aliphatic rings. The van der Waals surface area contributed by atoms with Gasteiger partial charge in [0.05, 0.1) is 18.2 Å². The van der Waals surface area contributed by atoms with Gasteiger partial charge in [0.15, 0.2) is 0 Å². The minimum atomic E-state index is -0.292. The second-order valence-electron chi connectivity index (χ2n) is 4.60. The summed E-state index contributed by atoms with van der Waals surface area (Å²) in [5.74, 6) is 1.79. The van der Waals surface area contributed by atoms with Crippen LogP contribution in [0.15, 0.2) is 28.9 Å². The molecule has 0 aliphatic carbocycles. The molecule has 0 fully saturated rings. The van der Waals surface area contributed by atoms with Gasteiger partial charge in [0.2, 0.25) is 0 Å². The Morgan fingerprint density at radius 3 is 2.95 bits per heavy atom. The Balaban J connectivity index is 2.07. The molecule has 0 saturated heterocycles. The zero-order valence-electron chi connectivity index (χ0n) is 10.6. The molecule has 3 rings (SSSR count). The molecule has 1 atom stereocenters. The average Bonchev–Trinajstić information content (AvgIpc) is 3.04. The first kappa shape index (κ1) is 12.9. The maximum absolute atomic E-state index is 6.61. The van der Waals surface area contributed by atoms with Gasteiger partial charge in [0, 0.05) is 29.0 Å². The van der Waals surface area contributed by atoms with Gasteiger partial charge in [0.25, 0.3) is 0 Å². The van der Waals surface area contributed by atoms with Crippen LogP contribution in [0.4, 0.5) is 0 Å². The Morgan fingerprint density at radius 1 is 1.32 bits per heavy atom. The lowest BCUT2D eigenvalue weighted by Crippen LogP contribution is -1.99. The van der Waals surface area contributed by atoms with E-state index in [0.717, 1.165) is 41.0 Å². The Labute approximate surface area is 122 Å². The van der Waals surface area contributed by atoms with Gasteiger partial charge in [-0.05, 0) is 23.8 Å². The number of alkyl halides is 1. The first-order valence-electron chi connectivity index (χ1n) is 6.36. The van der Waals surface area contributed by atoms with E-state index in [1.54, 1.807) is 6.26 Å². The molecular formula is C15H14Cl2O2. The first-order valence-corrected chi connectivity index (χ1v) is 7.17. The molecule has 2 nitrogen and oxygen atoms in total. The van der Waals surface area contributed by atoms with E-state index in [0.29, 0.717) is 11.6 Å². The van der Waals surface area contributed by atoms with Crippen molar-refractivity contribution in [2.24, 2.45) is 0 Å². The molecule has 2 aromatic rings. The van der Waals surface area contributed by atoms with Crippen molar-refractivity contribution in [1.29, 1.82) is 0 Å². The van der Waals surface area contributed by atoms with Crippen LogP contribution in [0.2, 0.25) is 5.02 Å². The summed E-state index contributed by atoms with van der Waals surface area (Å²) in [6, 6.07) is 5.75. The number of furan rings is 1. The lowest BCUT2D eigenvalue weighted by Gasteiger charge is -2.14. The number of hydrogen-bond acceptors (Lipinski definition) is 2. The topological polar surface area (TPSA) is 22.4 Å². The summed E-state index contributed by atoms with van der Waals surface area (Å²) in [6.45, 7) is 2.74. The summed E-state index contributed by atoms with van der Waals surface area (Å²) in [5.41, 5.74) is 3.05. The number of benzene rings is 1. The van der Waals surface area contributed by atoms with E-state index in [-0.39, 0.29) is 5.38 Å². The third kappa shape index (κ3) is 2.24. The summed E-state index contributed by atoms with van der Waals surface area (Å²) < 4.78 is 11.2. The molecule has 0 bridgehead atoms. The number of hydrogen-bond donors (Lipinski definition) is 0. The van der Waals surface area contributed by atoms with Gasteiger partial charge in [-0.3, -0.25) is 0 Å². The normalized spacial score (nSPS) is 15.1. The Morgan fingerprint density at radius 2 is 2.16 bits per heavy atom. The van der Waals surface area contributed by atoms with Crippen LogP contribution in [0.25, 0.3) is 0 Å². The van der Waals surface area contributed by atoms with Gasteiger partial charge in [-0.1, -0.05) is 18.5 Å².